The lowest BCUT2D eigenvalue weighted by Crippen LogP contribution is -2.45. The van der Waals surface area contributed by atoms with Gasteiger partial charge in [-0.25, -0.2) is 0 Å². The average molecular weight is 252 g/mol. The molecule has 18 heavy (non-hydrogen) atoms. The number of amides is 1. The molecule has 104 valence electrons. The van der Waals surface area contributed by atoms with Crippen molar-refractivity contribution in [3.05, 3.63) is 0 Å². The molecule has 2 aliphatic rings. The highest BCUT2D eigenvalue weighted by atomic mass is 16.2. The lowest BCUT2D eigenvalue weighted by Gasteiger charge is -2.36. The molecule has 1 saturated heterocycles. The largest absolute Gasteiger partial charge is 0.342 e. The summed E-state index contributed by atoms with van der Waals surface area (Å²) in [6.07, 6.45) is 8.42. The molecular formula is C15H28N2O. The van der Waals surface area contributed by atoms with E-state index in [0.29, 0.717) is 24.3 Å². The summed E-state index contributed by atoms with van der Waals surface area (Å²) in [5, 5.41) is 0. The van der Waals surface area contributed by atoms with E-state index in [1.165, 1.54) is 25.7 Å². The Morgan fingerprint density at radius 1 is 1.28 bits per heavy atom. The molecule has 2 atom stereocenters. The van der Waals surface area contributed by atoms with E-state index in [4.69, 9.17) is 5.73 Å². The van der Waals surface area contributed by atoms with E-state index in [1.54, 1.807) is 0 Å². The first-order valence-corrected chi connectivity index (χ1v) is 7.68. The van der Waals surface area contributed by atoms with Crippen molar-refractivity contribution in [1.82, 2.24) is 4.90 Å². The molecule has 1 aliphatic carbocycles. The predicted molar refractivity (Wildman–Crippen MR) is 74.1 cm³/mol. The quantitative estimate of drug-likeness (QED) is 0.835. The molecule has 2 fully saturated rings. The summed E-state index contributed by atoms with van der Waals surface area (Å²) in [6.45, 7) is 4.81. The first kappa shape index (κ1) is 13.9. The molecule has 0 aromatic rings. The van der Waals surface area contributed by atoms with Crippen LogP contribution >= 0.6 is 0 Å². The molecule has 3 nitrogen and oxygen atoms in total. The normalized spacial score (nSPS) is 29.8. The van der Waals surface area contributed by atoms with Crippen LogP contribution in [0.15, 0.2) is 0 Å². The van der Waals surface area contributed by atoms with Crippen LogP contribution in [0.25, 0.3) is 0 Å². The summed E-state index contributed by atoms with van der Waals surface area (Å²) in [4.78, 5) is 14.3. The Bertz CT molecular complexity index is 274. The summed E-state index contributed by atoms with van der Waals surface area (Å²) in [6, 6.07) is 0. The molecule has 0 radical (unpaired) electrons. The van der Waals surface area contributed by atoms with E-state index in [1.807, 2.05) is 0 Å². The molecule has 2 rings (SSSR count). The van der Waals surface area contributed by atoms with Gasteiger partial charge in [0.15, 0.2) is 0 Å². The molecule has 0 spiro atoms. The molecule has 0 aromatic heterocycles. The Labute approximate surface area is 111 Å². The van der Waals surface area contributed by atoms with E-state index >= 15 is 0 Å². The lowest BCUT2D eigenvalue weighted by atomic mass is 9.87. The summed E-state index contributed by atoms with van der Waals surface area (Å²) in [5.74, 6) is 2.37. The number of hydrogen-bond acceptors (Lipinski definition) is 2. The molecule has 1 aliphatic heterocycles. The van der Waals surface area contributed by atoms with Crippen molar-refractivity contribution in [2.75, 3.05) is 19.6 Å². The third kappa shape index (κ3) is 3.47. The number of carbonyl (C=O) groups is 1. The van der Waals surface area contributed by atoms with Crippen molar-refractivity contribution >= 4 is 5.91 Å². The highest BCUT2D eigenvalue weighted by molar-refractivity contribution is 5.76. The van der Waals surface area contributed by atoms with Gasteiger partial charge in [0.2, 0.25) is 5.91 Å². The van der Waals surface area contributed by atoms with Crippen molar-refractivity contribution in [3.63, 3.8) is 0 Å². The van der Waals surface area contributed by atoms with E-state index in [2.05, 4.69) is 11.8 Å². The maximum Gasteiger partial charge on any atom is 0.222 e. The zero-order valence-corrected chi connectivity index (χ0v) is 11.7. The Kier molecular flexibility index (Phi) is 5.04. The van der Waals surface area contributed by atoms with E-state index in [-0.39, 0.29) is 0 Å². The number of nitrogens with zero attached hydrogens (tertiary/aromatic N) is 1. The molecule has 0 bridgehead atoms. The van der Waals surface area contributed by atoms with Crippen LogP contribution in [0.2, 0.25) is 0 Å². The number of hydrogen-bond donors (Lipinski definition) is 1. The molecular weight excluding hydrogens is 224 g/mol. The van der Waals surface area contributed by atoms with Crippen molar-refractivity contribution < 1.29 is 4.79 Å². The second kappa shape index (κ2) is 6.55. The summed E-state index contributed by atoms with van der Waals surface area (Å²) in [7, 11) is 0. The van der Waals surface area contributed by atoms with Gasteiger partial charge in [-0.15, -0.1) is 0 Å². The molecule has 1 amide bonds. The third-order valence-electron chi connectivity index (χ3n) is 5.01. The summed E-state index contributed by atoms with van der Waals surface area (Å²) >= 11 is 0. The number of nitrogens with two attached hydrogens (primary N) is 1. The van der Waals surface area contributed by atoms with Gasteiger partial charge < -0.3 is 10.6 Å². The fourth-order valence-corrected chi connectivity index (χ4v) is 3.47. The number of piperidine rings is 1. The second-order valence-electron chi connectivity index (χ2n) is 6.29. The first-order chi connectivity index (χ1) is 8.70. The van der Waals surface area contributed by atoms with Crippen LogP contribution in [0.4, 0.5) is 0 Å². The smallest absolute Gasteiger partial charge is 0.222 e. The number of likely N-dealkylation sites (tertiary alicyclic amines) is 1. The van der Waals surface area contributed by atoms with Gasteiger partial charge in [-0.1, -0.05) is 32.6 Å². The van der Waals surface area contributed by atoms with Crippen LogP contribution < -0.4 is 5.73 Å². The Balaban J connectivity index is 1.74. The maximum atomic E-state index is 12.2. The molecule has 2 N–H and O–H groups in total. The van der Waals surface area contributed by atoms with Crippen LogP contribution in [-0.2, 0) is 4.79 Å². The predicted octanol–water partition coefficient (Wildman–Crippen LogP) is 2.40. The highest BCUT2D eigenvalue weighted by Gasteiger charge is 2.28. The van der Waals surface area contributed by atoms with Gasteiger partial charge >= 0.3 is 0 Å². The number of carbonyl (C=O) groups excluding carboxylic acids is 1. The van der Waals surface area contributed by atoms with Crippen molar-refractivity contribution in [3.8, 4) is 0 Å². The molecule has 3 heteroatoms. The van der Waals surface area contributed by atoms with Crippen molar-refractivity contribution in [2.45, 2.75) is 51.9 Å². The average Bonchev–Trinajstić information content (AvgIpc) is 2.89. The van der Waals surface area contributed by atoms with Crippen LogP contribution in [0, 0.1) is 17.8 Å². The Morgan fingerprint density at radius 2 is 2.00 bits per heavy atom. The van der Waals surface area contributed by atoms with Crippen LogP contribution in [0.1, 0.15) is 51.9 Å². The Hall–Kier alpha value is -0.570. The van der Waals surface area contributed by atoms with Gasteiger partial charge in [0.25, 0.3) is 0 Å². The fourth-order valence-electron chi connectivity index (χ4n) is 3.47. The summed E-state index contributed by atoms with van der Waals surface area (Å²) < 4.78 is 0. The van der Waals surface area contributed by atoms with Gasteiger partial charge in [0.1, 0.15) is 0 Å². The molecule has 2 unspecified atom stereocenters. The van der Waals surface area contributed by atoms with Gasteiger partial charge in [-0.3, -0.25) is 4.79 Å². The standard InChI is InChI=1S/C15H28N2O/c1-12-8-9-17(11-14(12)10-16)15(18)7-6-13-4-2-3-5-13/h12-14H,2-11,16H2,1H3. The van der Waals surface area contributed by atoms with Gasteiger partial charge in [-0.2, -0.15) is 0 Å². The van der Waals surface area contributed by atoms with Gasteiger partial charge in [0, 0.05) is 19.5 Å². The lowest BCUT2D eigenvalue weighted by molar-refractivity contribution is -0.133. The van der Waals surface area contributed by atoms with Crippen molar-refractivity contribution in [1.29, 1.82) is 0 Å². The SMILES string of the molecule is CC1CCN(C(=O)CCC2CCCC2)CC1CN. The van der Waals surface area contributed by atoms with Gasteiger partial charge in [0.05, 0.1) is 0 Å². The third-order valence-corrected chi connectivity index (χ3v) is 5.01. The minimum absolute atomic E-state index is 0.368. The number of rotatable bonds is 4. The Morgan fingerprint density at radius 3 is 2.67 bits per heavy atom. The van der Waals surface area contributed by atoms with Crippen LogP contribution in [0.5, 0.6) is 0 Å². The van der Waals surface area contributed by atoms with Crippen LogP contribution in [-0.4, -0.2) is 30.4 Å². The second-order valence-corrected chi connectivity index (χ2v) is 6.29. The monoisotopic (exact) mass is 252 g/mol. The van der Waals surface area contributed by atoms with Gasteiger partial charge in [-0.05, 0) is 37.1 Å². The maximum absolute atomic E-state index is 12.2. The highest BCUT2D eigenvalue weighted by Crippen LogP contribution is 2.29. The molecule has 0 aromatic carbocycles. The minimum Gasteiger partial charge on any atom is -0.342 e. The zero-order valence-electron chi connectivity index (χ0n) is 11.7. The summed E-state index contributed by atoms with van der Waals surface area (Å²) in [5.41, 5.74) is 5.79. The topological polar surface area (TPSA) is 46.3 Å². The zero-order chi connectivity index (χ0) is 13.0. The van der Waals surface area contributed by atoms with Crippen LogP contribution in [0.3, 0.4) is 0 Å². The van der Waals surface area contributed by atoms with E-state index in [9.17, 15) is 4.79 Å². The molecule has 1 saturated carbocycles. The molecule has 1 heterocycles. The van der Waals surface area contributed by atoms with Crippen molar-refractivity contribution in [2.24, 2.45) is 23.5 Å². The van der Waals surface area contributed by atoms with E-state index < -0.39 is 0 Å². The minimum atomic E-state index is 0.368. The van der Waals surface area contributed by atoms with E-state index in [0.717, 1.165) is 38.3 Å². The fraction of sp³-hybridized carbons (Fsp3) is 0.933. The first-order valence-electron chi connectivity index (χ1n) is 7.68.